The van der Waals surface area contributed by atoms with E-state index in [1.807, 2.05) is 18.2 Å². The maximum atomic E-state index is 5.65. The number of hydrogen-bond acceptors (Lipinski definition) is 2. The molecular weight excluding hydrogens is 222 g/mol. The Morgan fingerprint density at radius 2 is 2.00 bits per heavy atom. The van der Waals surface area contributed by atoms with Crippen LogP contribution in [0.3, 0.4) is 0 Å². The molecule has 0 aliphatic heterocycles. The van der Waals surface area contributed by atoms with Crippen LogP contribution in [0.2, 0.25) is 0 Å². The fraction of sp³-hybridized carbons (Fsp3) is 0.625. The second-order valence-corrected chi connectivity index (χ2v) is 6.38. The predicted octanol–water partition coefficient (Wildman–Crippen LogP) is 3.92. The van der Waals surface area contributed by atoms with Crippen LogP contribution in [0.5, 0.6) is 0 Å². The van der Waals surface area contributed by atoms with Gasteiger partial charge < -0.3 is 0 Å². The topological polar surface area (TPSA) is 21.3 Å². The lowest BCUT2D eigenvalue weighted by molar-refractivity contribution is -0.0295. The van der Waals surface area contributed by atoms with E-state index >= 15 is 0 Å². The van der Waals surface area contributed by atoms with Crippen molar-refractivity contribution in [1.82, 2.24) is 5.48 Å². The molecule has 1 aliphatic carbocycles. The molecule has 2 rings (SSSR count). The first-order valence-corrected chi connectivity index (χ1v) is 6.98. The smallest absolute Gasteiger partial charge is 0.0933 e. The summed E-state index contributed by atoms with van der Waals surface area (Å²) in [7, 11) is 0. The summed E-state index contributed by atoms with van der Waals surface area (Å²) < 4.78 is 0. The largest absolute Gasteiger partial charge is 0.297 e. The second kappa shape index (κ2) is 5.85. The van der Waals surface area contributed by atoms with Crippen LogP contribution in [0.1, 0.15) is 45.6 Å². The Morgan fingerprint density at radius 1 is 1.28 bits per heavy atom. The highest BCUT2D eigenvalue weighted by atomic mass is 16.6. The van der Waals surface area contributed by atoms with Crippen molar-refractivity contribution < 1.29 is 4.84 Å². The van der Waals surface area contributed by atoms with E-state index in [0.29, 0.717) is 24.0 Å². The number of benzene rings is 1. The van der Waals surface area contributed by atoms with Crippen LogP contribution in [-0.2, 0) is 11.4 Å². The first-order valence-electron chi connectivity index (χ1n) is 6.98. The van der Waals surface area contributed by atoms with Gasteiger partial charge in [0.05, 0.1) is 6.61 Å². The molecule has 1 aromatic carbocycles. The van der Waals surface area contributed by atoms with E-state index in [-0.39, 0.29) is 0 Å². The van der Waals surface area contributed by atoms with Crippen LogP contribution in [0.15, 0.2) is 30.3 Å². The monoisotopic (exact) mass is 247 g/mol. The van der Waals surface area contributed by atoms with E-state index in [2.05, 4.69) is 38.4 Å². The molecule has 0 amide bonds. The zero-order valence-electron chi connectivity index (χ0n) is 11.8. The van der Waals surface area contributed by atoms with Crippen molar-refractivity contribution in [3.63, 3.8) is 0 Å². The molecule has 0 saturated heterocycles. The van der Waals surface area contributed by atoms with Crippen molar-refractivity contribution in [3.05, 3.63) is 35.9 Å². The van der Waals surface area contributed by atoms with Gasteiger partial charge in [0, 0.05) is 6.04 Å². The zero-order chi connectivity index (χ0) is 13.0. The third-order valence-corrected chi connectivity index (χ3v) is 4.01. The van der Waals surface area contributed by atoms with Crippen molar-refractivity contribution >= 4 is 0 Å². The highest BCUT2D eigenvalue weighted by Crippen LogP contribution is 2.38. The fourth-order valence-electron chi connectivity index (χ4n) is 2.93. The van der Waals surface area contributed by atoms with E-state index in [4.69, 9.17) is 4.84 Å². The first kappa shape index (κ1) is 13.6. The Labute approximate surface area is 111 Å². The summed E-state index contributed by atoms with van der Waals surface area (Å²) >= 11 is 0. The van der Waals surface area contributed by atoms with Gasteiger partial charge in [0.1, 0.15) is 0 Å². The maximum Gasteiger partial charge on any atom is 0.0933 e. The molecule has 100 valence electrons. The van der Waals surface area contributed by atoms with Gasteiger partial charge in [0.2, 0.25) is 0 Å². The molecule has 2 heteroatoms. The molecule has 0 radical (unpaired) electrons. The van der Waals surface area contributed by atoms with E-state index in [9.17, 15) is 0 Å². The zero-order valence-corrected chi connectivity index (χ0v) is 11.8. The summed E-state index contributed by atoms with van der Waals surface area (Å²) in [6.07, 6.45) is 3.77. The number of nitrogens with one attached hydrogen (secondary N) is 1. The molecule has 0 spiro atoms. The van der Waals surface area contributed by atoms with Gasteiger partial charge in [-0.15, -0.1) is 0 Å². The van der Waals surface area contributed by atoms with Gasteiger partial charge in [-0.2, -0.15) is 5.48 Å². The SMILES string of the molecule is CC1CC(C)(C)CCC1NOCc1ccccc1. The minimum atomic E-state index is 0.497. The maximum absolute atomic E-state index is 5.65. The normalized spacial score (nSPS) is 27.1. The molecule has 0 heterocycles. The molecule has 2 nitrogen and oxygen atoms in total. The van der Waals surface area contributed by atoms with Gasteiger partial charge in [-0.3, -0.25) is 4.84 Å². The van der Waals surface area contributed by atoms with Crippen molar-refractivity contribution in [1.29, 1.82) is 0 Å². The van der Waals surface area contributed by atoms with Crippen molar-refractivity contribution in [2.24, 2.45) is 11.3 Å². The number of hydroxylamine groups is 1. The lowest BCUT2D eigenvalue weighted by Crippen LogP contribution is -2.41. The van der Waals surface area contributed by atoms with Crippen LogP contribution < -0.4 is 5.48 Å². The highest BCUT2D eigenvalue weighted by molar-refractivity contribution is 5.13. The first-order chi connectivity index (χ1) is 8.57. The Balaban J connectivity index is 1.74. The third-order valence-electron chi connectivity index (χ3n) is 4.01. The molecule has 1 aromatic rings. The van der Waals surface area contributed by atoms with Gasteiger partial charge in [0.15, 0.2) is 0 Å². The molecule has 2 atom stereocenters. The van der Waals surface area contributed by atoms with Crippen molar-refractivity contribution in [2.75, 3.05) is 0 Å². The molecule has 18 heavy (non-hydrogen) atoms. The molecule has 1 fully saturated rings. The number of hydrogen-bond donors (Lipinski definition) is 1. The van der Waals surface area contributed by atoms with Gasteiger partial charge in [-0.05, 0) is 36.2 Å². The van der Waals surface area contributed by atoms with Crippen molar-refractivity contribution in [3.8, 4) is 0 Å². The van der Waals surface area contributed by atoms with E-state index < -0.39 is 0 Å². The molecule has 1 N–H and O–H groups in total. The van der Waals surface area contributed by atoms with Crippen LogP contribution in [0.4, 0.5) is 0 Å². The number of rotatable bonds is 4. The van der Waals surface area contributed by atoms with Gasteiger partial charge in [-0.25, -0.2) is 0 Å². The van der Waals surface area contributed by atoms with Crippen LogP contribution in [0.25, 0.3) is 0 Å². The molecule has 1 aliphatic rings. The lowest BCUT2D eigenvalue weighted by atomic mass is 9.71. The Kier molecular flexibility index (Phi) is 4.41. The minimum Gasteiger partial charge on any atom is -0.297 e. The average molecular weight is 247 g/mol. The molecule has 1 saturated carbocycles. The summed E-state index contributed by atoms with van der Waals surface area (Å²) in [5.41, 5.74) is 4.97. The summed E-state index contributed by atoms with van der Waals surface area (Å²) in [6, 6.07) is 10.8. The van der Waals surface area contributed by atoms with Crippen molar-refractivity contribution in [2.45, 2.75) is 52.7 Å². The summed E-state index contributed by atoms with van der Waals surface area (Å²) in [5, 5.41) is 0. The minimum absolute atomic E-state index is 0.497. The standard InChI is InChI=1S/C16H25NO/c1-13-11-16(2,3)10-9-15(13)17-18-12-14-7-5-4-6-8-14/h4-8,13,15,17H,9-12H2,1-3H3. The van der Waals surface area contributed by atoms with Gasteiger partial charge in [-0.1, -0.05) is 51.1 Å². The third kappa shape index (κ3) is 3.82. The second-order valence-electron chi connectivity index (χ2n) is 6.38. The van der Waals surface area contributed by atoms with Crippen LogP contribution >= 0.6 is 0 Å². The van der Waals surface area contributed by atoms with Crippen LogP contribution in [-0.4, -0.2) is 6.04 Å². The van der Waals surface area contributed by atoms with E-state index in [0.717, 1.165) is 0 Å². The van der Waals surface area contributed by atoms with Gasteiger partial charge >= 0.3 is 0 Å². The van der Waals surface area contributed by atoms with E-state index in [1.54, 1.807) is 0 Å². The van der Waals surface area contributed by atoms with Gasteiger partial charge in [0.25, 0.3) is 0 Å². The highest BCUT2D eigenvalue weighted by Gasteiger charge is 2.32. The van der Waals surface area contributed by atoms with Crippen LogP contribution in [0, 0.1) is 11.3 Å². The summed E-state index contributed by atoms with van der Waals surface area (Å²) in [6.45, 7) is 7.70. The summed E-state index contributed by atoms with van der Waals surface area (Å²) in [5.74, 6) is 0.685. The molecule has 0 aromatic heterocycles. The van der Waals surface area contributed by atoms with E-state index in [1.165, 1.54) is 24.8 Å². The fourth-order valence-corrected chi connectivity index (χ4v) is 2.93. The molecule has 2 unspecified atom stereocenters. The Hall–Kier alpha value is -0.860. The quantitative estimate of drug-likeness (QED) is 0.814. The Bertz CT molecular complexity index is 361. The predicted molar refractivity (Wildman–Crippen MR) is 75.0 cm³/mol. The summed E-state index contributed by atoms with van der Waals surface area (Å²) in [4.78, 5) is 5.65. The average Bonchev–Trinajstić information content (AvgIpc) is 2.33. The lowest BCUT2D eigenvalue weighted by Gasteiger charge is -2.39. The molecular formula is C16H25NO. The Morgan fingerprint density at radius 3 is 2.67 bits per heavy atom. The molecule has 0 bridgehead atoms.